The molecule has 0 saturated carbocycles. The molecule has 27 heavy (non-hydrogen) atoms. The number of carbonyl (C=O) groups is 1. The van der Waals surface area contributed by atoms with Crippen molar-refractivity contribution in [2.24, 2.45) is 4.99 Å². The maximum atomic E-state index is 12.4. The molecule has 2 aliphatic rings. The van der Waals surface area contributed by atoms with E-state index in [9.17, 15) is 4.79 Å². The summed E-state index contributed by atoms with van der Waals surface area (Å²) in [5.74, 6) is 0.954. The largest absolute Gasteiger partial charge is 0.357 e. The van der Waals surface area contributed by atoms with Crippen LogP contribution in [0.2, 0.25) is 0 Å². The van der Waals surface area contributed by atoms with Crippen molar-refractivity contribution in [1.82, 2.24) is 20.4 Å². The van der Waals surface area contributed by atoms with E-state index in [4.69, 9.17) is 4.99 Å². The summed E-state index contributed by atoms with van der Waals surface area (Å²) in [7, 11) is 4.33. The van der Waals surface area contributed by atoms with Gasteiger partial charge in [0.25, 0.3) is 0 Å². The lowest BCUT2D eigenvalue weighted by molar-refractivity contribution is -0.117. The fourth-order valence-corrected chi connectivity index (χ4v) is 3.67. The normalized spacial score (nSPS) is 25.1. The van der Waals surface area contributed by atoms with Crippen molar-refractivity contribution in [3.05, 3.63) is 30.3 Å². The number of likely N-dealkylation sites (N-methyl/N-ethyl adjacent to an activating group) is 2. The highest BCUT2D eigenvalue weighted by Gasteiger charge is 2.31. The van der Waals surface area contributed by atoms with Gasteiger partial charge in [0.2, 0.25) is 5.91 Å². The molecule has 2 N–H and O–H groups in total. The number of benzene rings is 1. The SMILES string of the molecule is CCNC(=NCC1CN(C)CCN1C)NC1CC(=O)N(c2ccccc2)C1. The lowest BCUT2D eigenvalue weighted by Crippen LogP contribution is -2.52. The molecule has 2 aliphatic heterocycles. The predicted molar refractivity (Wildman–Crippen MR) is 110 cm³/mol. The van der Waals surface area contributed by atoms with Crippen LogP contribution in [0.1, 0.15) is 13.3 Å². The Balaban J connectivity index is 1.60. The van der Waals surface area contributed by atoms with Gasteiger partial charge in [-0.2, -0.15) is 0 Å². The highest BCUT2D eigenvalue weighted by atomic mass is 16.2. The van der Waals surface area contributed by atoms with Crippen molar-refractivity contribution in [3.8, 4) is 0 Å². The van der Waals surface area contributed by atoms with E-state index in [0.717, 1.165) is 44.4 Å². The van der Waals surface area contributed by atoms with E-state index >= 15 is 0 Å². The molecule has 0 bridgehead atoms. The van der Waals surface area contributed by atoms with Gasteiger partial charge < -0.3 is 20.4 Å². The lowest BCUT2D eigenvalue weighted by atomic mass is 10.2. The summed E-state index contributed by atoms with van der Waals surface area (Å²) in [5, 5.41) is 6.78. The van der Waals surface area contributed by atoms with Gasteiger partial charge in [-0.05, 0) is 33.2 Å². The van der Waals surface area contributed by atoms with Gasteiger partial charge in [0.15, 0.2) is 5.96 Å². The van der Waals surface area contributed by atoms with Crippen molar-refractivity contribution >= 4 is 17.6 Å². The zero-order valence-electron chi connectivity index (χ0n) is 16.7. The van der Waals surface area contributed by atoms with Crippen molar-refractivity contribution < 1.29 is 4.79 Å². The molecule has 2 saturated heterocycles. The summed E-state index contributed by atoms with van der Waals surface area (Å²) in [6.45, 7) is 7.49. The van der Waals surface area contributed by atoms with E-state index in [2.05, 4.69) is 41.5 Å². The zero-order chi connectivity index (χ0) is 19.2. The Hall–Kier alpha value is -2.12. The summed E-state index contributed by atoms with van der Waals surface area (Å²) in [6.07, 6.45) is 0.491. The number of guanidine groups is 1. The van der Waals surface area contributed by atoms with Gasteiger partial charge in [0.1, 0.15) is 0 Å². The van der Waals surface area contributed by atoms with Crippen molar-refractivity contribution in [1.29, 1.82) is 0 Å². The summed E-state index contributed by atoms with van der Waals surface area (Å²) < 4.78 is 0. The zero-order valence-corrected chi connectivity index (χ0v) is 16.7. The van der Waals surface area contributed by atoms with Crippen molar-refractivity contribution in [2.45, 2.75) is 25.4 Å². The van der Waals surface area contributed by atoms with Crippen LogP contribution in [0.25, 0.3) is 0 Å². The number of amides is 1. The first-order chi connectivity index (χ1) is 13.1. The second-order valence-corrected chi connectivity index (χ2v) is 7.50. The van der Waals surface area contributed by atoms with Crippen LogP contribution >= 0.6 is 0 Å². The van der Waals surface area contributed by atoms with E-state index in [1.807, 2.05) is 35.2 Å². The number of hydrogen-bond donors (Lipinski definition) is 2. The van der Waals surface area contributed by atoms with E-state index in [0.29, 0.717) is 19.0 Å². The number of aliphatic imine (C=N–C) groups is 1. The Morgan fingerprint density at radius 3 is 2.70 bits per heavy atom. The second kappa shape index (κ2) is 9.19. The minimum atomic E-state index is 0.0715. The molecule has 148 valence electrons. The average molecular weight is 373 g/mol. The van der Waals surface area contributed by atoms with Gasteiger partial charge in [0.05, 0.1) is 12.6 Å². The summed E-state index contributed by atoms with van der Waals surface area (Å²) in [4.78, 5) is 23.8. The van der Waals surface area contributed by atoms with Gasteiger partial charge in [-0.1, -0.05) is 18.2 Å². The second-order valence-electron chi connectivity index (χ2n) is 7.50. The highest BCUT2D eigenvalue weighted by Crippen LogP contribution is 2.20. The molecular weight excluding hydrogens is 340 g/mol. The first-order valence-corrected chi connectivity index (χ1v) is 9.86. The maximum absolute atomic E-state index is 12.4. The third kappa shape index (κ3) is 5.20. The molecule has 7 heteroatoms. The van der Waals surface area contributed by atoms with Crippen molar-refractivity contribution in [2.75, 3.05) is 58.3 Å². The van der Waals surface area contributed by atoms with Gasteiger partial charge in [-0.15, -0.1) is 0 Å². The molecular formula is C20H32N6O. The molecule has 2 heterocycles. The average Bonchev–Trinajstić information content (AvgIpc) is 3.03. The number of rotatable bonds is 5. The molecule has 1 aromatic carbocycles. The van der Waals surface area contributed by atoms with Crippen LogP contribution in [0, 0.1) is 0 Å². The van der Waals surface area contributed by atoms with Crippen LogP contribution in [0.5, 0.6) is 0 Å². The Bertz CT molecular complexity index is 649. The van der Waals surface area contributed by atoms with Gasteiger partial charge in [-0.3, -0.25) is 14.7 Å². The fraction of sp³-hybridized carbons (Fsp3) is 0.600. The Kier molecular flexibility index (Phi) is 6.68. The Labute approximate surface area is 162 Å². The van der Waals surface area contributed by atoms with Crippen LogP contribution < -0.4 is 15.5 Å². The van der Waals surface area contributed by atoms with Gasteiger partial charge in [0, 0.05) is 50.9 Å². The molecule has 0 aromatic heterocycles. The topological polar surface area (TPSA) is 63.2 Å². The van der Waals surface area contributed by atoms with Crippen LogP contribution in [-0.4, -0.2) is 87.1 Å². The Morgan fingerprint density at radius 2 is 1.96 bits per heavy atom. The van der Waals surface area contributed by atoms with E-state index in [1.54, 1.807) is 0 Å². The molecule has 0 radical (unpaired) electrons. The number of hydrogen-bond acceptors (Lipinski definition) is 4. The predicted octanol–water partition coefficient (Wildman–Crippen LogP) is 0.593. The van der Waals surface area contributed by atoms with Gasteiger partial charge >= 0.3 is 0 Å². The number of piperazine rings is 1. The Morgan fingerprint density at radius 1 is 1.19 bits per heavy atom. The fourth-order valence-electron chi connectivity index (χ4n) is 3.67. The number of anilines is 1. The minimum Gasteiger partial charge on any atom is -0.357 e. The lowest BCUT2D eigenvalue weighted by Gasteiger charge is -2.37. The van der Waals surface area contributed by atoms with Crippen LogP contribution in [-0.2, 0) is 4.79 Å². The molecule has 2 unspecified atom stereocenters. The first-order valence-electron chi connectivity index (χ1n) is 9.86. The quantitative estimate of drug-likeness (QED) is 0.585. The highest BCUT2D eigenvalue weighted by molar-refractivity contribution is 5.97. The number of carbonyl (C=O) groups excluding carboxylic acids is 1. The molecule has 2 atom stereocenters. The summed E-state index contributed by atoms with van der Waals surface area (Å²) >= 11 is 0. The third-order valence-electron chi connectivity index (χ3n) is 5.32. The standard InChI is InChI=1S/C20H32N6O/c1-4-21-20(22-13-18-15-24(2)10-11-25(18)3)23-16-12-19(27)26(14-16)17-8-6-5-7-9-17/h5-9,16,18H,4,10-15H2,1-3H3,(H2,21,22,23). The smallest absolute Gasteiger partial charge is 0.229 e. The van der Waals surface area contributed by atoms with Crippen molar-refractivity contribution in [3.63, 3.8) is 0 Å². The van der Waals surface area contributed by atoms with Crippen LogP contribution in [0.4, 0.5) is 5.69 Å². The third-order valence-corrected chi connectivity index (χ3v) is 5.32. The molecule has 0 aliphatic carbocycles. The molecule has 1 amide bonds. The number of nitrogens with zero attached hydrogens (tertiary/aromatic N) is 4. The first kappa shape index (κ1) is 19.6. The molecule has 0 spiro atoms. The van der Waals surface area contributed by atoms with E-state index in [-0.39, 0.29) is 11.9 Å². The van der Waals surface area contributed by atoms with Crippen LogP contribution in [0.15, 0.2) is 35.3 Å². The number of nitrogens with one attached hydrogen (secondary N) is 2. The maximum Gasteiger partial charge on any atom is 0.229 e. The minimum absolute atomic E-state index is 0.0715. The molecule has 3 rings (SSSR count). The molecule has 1 aromatic rings. The molecule has 2 fully saturated rings. The molecule has 7 nitrogen and oxygen atoms in total. The van der Waals surface area contributed by atoms with E-state index < -0.39 is 0 Å². The van der Waals surface area contributed by atoms with Crippen LogP contribution in [0.3, 0.4) is 0 Å². The monoisotopic (exact) mass is 372 g/mol. The van der Waals surface area contributed by atoms with Gasteiger partial charge in [-0.25, -0.2) is 0 Å². The summed E-state index contributed by atoms with van der Waals surface area (Å²) in [5.41, 5.74) is 0.959. The summed E-state index contributed by atoms with van der Waals surface area (Å²) in [6, 6.07) is 10.4. The number of para-hydroxylation sites is 1. The van der Waals surface area contributed by atoms with E-state index in [1.165, 1.54) is 0 Å².